The van der Waals surface area contributed by atoms with E-state index in [1.807, 2.05) is 19.0 Å². The van der Waals surface area contributed by atoms with Crippen molar-refractivity contribution in [2.24, 2.45) is 16.0 Å². The van der Waals surface area contributed by atoms with Crippen molar-refractivity contribution >= 4 is 12.4 Å². The van der Waals surface area contributed by atoms with Crippen LogP contribution >= 0.6 is 0 Å². The zero-order valence-corrected chi connectivity index (χ0v) is 4.99. The Labute approximate surface area is 53.9 Å². The Morgan fingerprint density at radius 1 is 1.56 bits per heavy atom. The number of hydrogen-bond donors (Lipinski definition) is 1. The van der Waals surface area contributed by atoms with E-state index in [1.165, 1.54) is 0 Å². The van der Waals surface area contributed by atoms with Crippen molar-refractivity contribution in [2.75, 3.05) is 0 Å². The summed E-state index contributed by atoms with van der Waals surface area (Å²) in [5, 5.41) is 3.94. The highest BCUT2D eigenvalue weighted by atomic mass is 15.3. The summed E-state index contributed by atoms with van der Waals surface area (Å²) in [5.74, 6) is 0.558. The first-order chi connectivity index (χ1) is 4.47. The molecule has 0 aromatic heterocycles. The standard InChI is InChI=1S/C6H8N3/c1-2-7-4-6-5(1)3-8-9-6/h2-6,9H,1H2. The van der Waals surface area contributed by atoms with Gasteiger partial charge in [-0.3, -0.25) is 4.99 Å². The normalized spacial score (nSPS) is 38.2. The second kappa shape index (κ2) is 1.83. The first-order valence-corrected chi connectivity index (χ1v) is 3.10. The molecule has 0 aliphatic carbocycles. The van der Waals surface area contributed by atoms with Crippen LogP contribution in [0.15, 0.2) is 10.1 Å². The van der Waals surface area contributed by atoms with E-state index in [0.717, 1.165) is 6.42 Å². The van der Waals surface area contributed by atoms with Crippen molar-refractivity contribution in [3.8, 4) is 0 Å². The van der Waals surface area contributed by atoms with Crippen molar-refractivity contribution in [3.05, 3.63) is 6.54 Å². The van der Waals surface area contributed by atoms with E-state index in [2.05, 4.69) is 15.5 Å². The molecule has 2 rings (SSSR count). The minimum atomic E-state index is 0.370. The SMILES string of the molecule is [CH]1N=CCC2C=NNC12. The number of hydrogen-bond acceptors (Lipinski definition) is 3. The lowest BCUT2D eigenvalue weighted by molar-refractivity contribution is 0.528. The van der Waals surface area contributed by atoms with E-state index >= 15 is 0 Å². The highest BCUT2D eigenvalue weighted by Gasteiger charge is 2.24. The monoisotopic (exact) mass is 122 g/mol. The molecule has 0 saturated carbocycles. The predicted octanol–water partition coefficient (Wildman–Crippen LogP) is 0.196. The maximum Gasteiger partial charge on any atom is 0.0963 e. The Bertz CT molecular complexity index is 162. The Morgan fingerprint density at radius 3 is 3.44 bits per heavy atom. The van der Waals surface area contributed by atoms with Gasteiger partial charge in [-0.1, -0.05) is 0 Å². The second-order valence-electron chi connectivity index (χ2n) is 2.31. The van der Waals surface area contributed by atoms with Crippen LogP contribution in [0.4, 0.5) is 0 Å². The lowest BCUT2D eigenvalue weighted by atomic mass is 9.98. The number of nitrogens with zero attached hydrogens (tertiary/aromatic N) is 2. The first-order valence-electron chi connectivity index (χ1n) is 3.10. The van der Waals surface area contributed by atoms with E-state index in [0.29, 0.717) is 12.0 Å². The zero-order chi connectivity index (χ0) is 6.10. The lowest BCUT2D eigenvalue weighted by Gasteiger charge is -2.16. The smallest absolute Gasteiger partial charge is 0.0963 e. The molecule has 0 bridgehead atoms. The molecule has 0 spiro atoms. The van der Waals surface area contributed by atoms with Crippen LogP contribution in [0.2, 0.25) is 0 Å². The average Bonchev–Trinajstić information content (AvgIpc) is 2.33. The van der Waals surface area contributed by atoms with Crippen molar-refractivity contribution < 1.29 is 0 Å². The van der Waals surface area contributed by atoms with E-state index in [-0.39, 0.29) is 0 Å². The van der Waals surface area contributed by atoms with E-state index in [4.69, 9.17) is 0 Å². The molecule has 3 heteroatoms. The predicted molar refractivity (Wildman–Crippen MR) is 36.3 cm³/mol. The van der Waals surface area contributed by atoms with Crippen LogP contribution in [0.25, 0.3) is 0 Å². The summed E-state index contributed by atoms with van der Waals surface area (Å²) in [4.78, 5) is 4.03. The molecule has 3 nitrogen and oxygen atoms in total. The Morgan fingerprint density at radius 2 is 2.56 bits per heavy atom. The first kappa shape index (κ1) is 4.97. The summed E-state index contributed by atoms with van der Waals surface area (Å²) in [6.45, 7) is 1.90. The minimum Gasteiger partial charge on any atom is -0.304 e. The third-order valence-corrected chi connectivity index (χ3v) is 1.68. The van der Waals surface area contributed by atoms with Crippen LogP contribution in [-0.4, -0.2) is 18.5 Å². The molecule has 2 aliphatic heterocycles. The van der Waals surface area contributed by atoms with Crippen LogP contribution in [-0.2, 0) is 0 Å². The maximum atomic E-state index is 4.03. The van der Waals surface area contributed by atoms with Gasteiger partial charge in [0.25, 0.3) is 0 Å². The maximum absolute atomic E-state index is 4.03. The zero-order valence-electron chi connectivity index (χ0n) is 4.99. The third kappa shape index (κ3) is 0.724. The van der Waals surface area contributed by atoms with Gasteiger partial charge in [-0.2, -0.15) is 5.10 Å². The molecule has 1 radical (unpaired) electrons. The second-order valence-corrected chi connectivity index (χ2v) is 2.31. The number of aliphatic imine (C=N–C) groups is 1. The van der Waals surface area contributed by atoms with Crippen LogP contribution in [0.3, 0.4) is 0 Å². The van der Waals surface area contributed by atoms with Gasteiger partial charge in [0, 0.05) is 12.1 Å². The summed E-state index contributed by atoms with van der Waals surface area (Å²) < 4.78 is 0. The van der Waals surface area contributed by atoms with Crippen LogP contribution in [0.5, 0.6) is 0 Å². The van der Waals surface area contributed by atoms with Gasteiger partial charge in [0.1, 0.15) is 0 Å². The Hall–Kier alpha value is -0.860. The van der Waals surface area contributed by atoms with Gasteiger partial charge in [0.2, 0.25) is 0 Å². The Balaban J connectivity index is 2.13. The van der Waals surface area contributed by atoms with Gasteiger partial charge in [-0.05, 0) is 12.6 Å². The van der Waals surface area contributed by atoms with Crippen LogP contribution < -0.4 is 5.43 Å². The highest BCUT2D eigenvalue weighted by molar-refractivity contribution is 5.72. The largest absolute Gasteiger partial charge is 0.304 e. The summed E-state index contributed by atoms with van der Waals surface area (Å²) >= 11 is 0. The number of nitrogens with one attached hydrogen (secondary N) is 1. The molecular weight excluding hydrogens is 114 g/mol. The van der Waals surface area contributed by atoms with E-state index in [9.17, 15) is 0 Å². The molecular formula is C6H8N3. The average molecular weight is 122 g/mol. The molecule has 1 N–H and O–H groups in total. The molecule has 0 aromatic carbocycles. The quantitative estimate of drug-likeness (QED) is 0.489. The minimum absolute atomic E-state index is 0.370. The summed E-state index contributed by atoms with van der Waals surface area (Å²) in [6, 6.07) is 0.370. The summed E-state index contributed by atoms with van der Waals surface area (Å²) in [7, 11) is 0. The fourth-order valence-corrected chi connectivity index (χ4v) is 1.10. The van der Waals surface area contributed by atoms with Gasteiger partial charge in [0.15, 0.2) is 0 Å². The van der Waals surface area contributed by atoms with Crippen LogP contribution in [0.1, 0.15) is 6.42 Å². The van der Waals surface area contributed by atoms with Crippen molar-refractivity contribution in [2.45, 2.75) is 12.5 Å². The van der Waals surface area contributed by atoms with Crippen molar-refractivity contribution in [3.63, 3.8) is 0 Å². The summed E-state index contributed by atoms with van der Waals surface area (Å²) in [5.41, 5.74) is 2.96. The van der Waals surface area contributed by atoms with E-state index < -0.39 is 0 Å². The van der Waals surface area contributed by atoms with Crippen molar-refractivity contribution in [1.29, 1.82) is 0 Å². The molecule has 47 valence electrons. The fourth-order valence-electron chi connectivity index (χ4n) is 1.10. The van der Waals surface area contributed by atoms with Crippen molar-refractivity contribution in [1.82, 2.24) is 5.43 Å². The highest BCUT2D eigenvalue weighted by Crippen LogP contribution is 2.16. The lowest BCUT2D eigenvalue weighted by Crippen LogP contribution is -2.29. The van der Waals surface area contributed by atoms with Gasteiger partial charge in [-0.15, -0.1) is 0 Å². The fraction of sp³-hybridized carbons (Fsp3) is 0.500. The third-order valence-electron chi connectivity index (χ3n) is 1.68. The molecule has 2 unspecified atom stereocenters. The molecule has 0 amide bonds. The van der Waals surface area contributed by atoms with Gasteiger partial charge < -0.3 is 5.43 Å². The number of hydrazone groups is 1. The Kier molecular flexibility index (Phi) is 1.01. The summed E-state index contributed by atoms with van der Waals surface area (Å²) in [6.07, 6.45) is 4.91. The molecule has 9 heavy (non-hydrogen) atoms. The molecule has 2 atom stereocenters. The molecule has 0 fully saturated rings. The molecule has 0 aromatic rings. The van der Waals surface area contributed by atoms with Gasteiger partial charge in [0.05, 0.1) is 12.6 Å². The molecule has 2 aliphatic rings. The van der Waals surface area contributed by atoms with Crippen LogP contribution in [0, 0.1) is 12.5 Å². The van der Waals surface area contributed by atoms with Gasteiger partial charge >= 0.3 is 0 Å². The topological polar surface area (TPSA) is 36.8 Å². The van der Waals surface area contributed by atoms with E-state index in [1.54, 1.807) is 0 Å². The van der Waals surface area contributed by atoms with Gasteiger partial charge in [-0.25, -0.2) is 0 Å². The number of fused-ring (bicyclic) bond motifs is 1. The molecule has 2 heterocycles. The molecule has 0 saturated heterocycles. The number of rotatable bonds is 0.